The monoisotopic (exact) mass is 149 g/mol. The summed E-state index contributed by atoms with van der Waals surface area (Å²) < 4.78 is 10.8. The minimum absolute atomic E-state index is 0.130. The van der Waals surface area contributed by atoms with Gasteiger partial charge in [-0.3, -0.25) is 4.21 Å². The molecule has 0 aliphatic rings. The lowest BCUT2D eigenvalue weighted by Crippen LogP contribution is -2.26. The Morgan fingerprint density at radius 2 is 2.11 bits per heavy atom. The first-order chi connectivity index (χ1) is 4.20. The summed E-state index contributed by atoms with van der Waals surface area (Å²) in [7, 11) is -0.682. The molecule has 0 aromatic carbocycles. The summed E-state index contributed by atoms with van der Waals surface area (Å²) in [5, 5.41) is 0. The van der Waals surface area contributed by atoms with Crippen molar-refractivity contribution in [1.82, 2.24) is 0 Å². The van der Waals surface area contributed by atoms with Crippen LogP contribution in [0.5, 0.6) is 0 Å². The van der Waals surface area contributed by atoms with E-state index in [2.05, 4.69) is 0 Å². The second kappa shape index (κ2) is 4.94. The molecule has 2 unspecified atom stereocenters. The number of hydrogen-bond donors (Lipinski definition) is 1. The van der Waals surface area contributed by atoms with Gasteiger partial charge >= 0.3 is 0 Å². The van der Waals surface area contributed by atoms with Crippen LogP contribution >= 0.6 is 0 Å². The Balaban J connectivity index is 3.34. The zero-order chi connectivity index (χ0) is 7.28. The molecule has 0 bridgehead atoms. The van der Waals surface area contributed by atoms with Crippen molar-refractivity contribution in [1.29, 1.82) is 0 Å². The molecule has 3 heteroatoms. The molecule has 0 radical (unpaired) electrons. The van der Waals surface area contributed by atoms with Gasteiger partial charge in [0.2, 0.25) is 0 Å². The van der Waals surface area contributed by atoms with Crippen LogP contribution in [-0.4, -0.2) is 21.8 Å². The molecule has 0 aliphatic carbocycles. The average molecular weight is 149 g/mol. The number of rotatable bonds is 4. The fourth-order valence-corrected chi connectivity index (χ4v) is 1.42. The van der Waals surface area contributed by atoms with Gasteiger partial charge in [0.1, 0.15) is 0 Å². The van der Waals surface area contributed by atoms with Gasteiger partial charge in [-0.2, -0.15) is 0 Å². The zero-order valence-corrected chi connectivity index (χ0v) is 6.91. The predicted molar refractivity (Wildman–Crippen MR) is 41.8 cm³/mol. The minimum Gasteiger partial charge on any atom is -0.327 e. The van der Waals surface area contributed by atoms with E-state index in [0.29, 0.717) is 5.75 Å². The van der Waals surface area contributed by atoms with Crippen LogP contribution in [0.15, 0.2) is 0 Å². The highest BCUT2D eigenvalue weighted by Crippen LogP contribution is 1.90. The van der Waals surface area contributed by atoms with E-state index in [0.717, 1.165) is 12.2 Å². The summed E-state index contributed by atoms with van der Waals surface area (Å²) in [6.07, 6.45) is 0.922. The first-order valence-electron chi connectivity index (χ1n) is 3.31. The van der Waals surface area contributed by atoms with Gasteiger partial charge in [0.05, 0.1) is 0 Å². The molecular formula is C6H15NOS. The van der Waals surface area contributed by atoms with Crippen molar-refractivity contribution in [3.63, 3.8) is 0 Å². The van der Waals surface area contributed by atoms with Crippen LogP contribution in [0.25, 0.3) is 0 Å². The fraction of sp³-hybridized carbons (Fsp3) is 1.00. The Morgan fingerprint density at radius 3 is 2.44 bits per heavy atom. The SMILES string of the molecule is CCC(N)CS(=O)CC. The van der Waals surface area contributed by atoms with Gasteiger partial charge in [-0.1, -0.05) is 13.8 Å². The maximum Gasteiger partial charge on any atom is 0.0386 e. The maximum absolute atomic E-state index is 10.8. The number of hydrogen-bond acceptors (Lipinski definition) is 2. The van der Waals surface area contributed by atoms with E-state index in [9.17, 15) is 4.21 Å². The van der Waals surface area contributed by atoms with Crippen LogP contribution in [0.2, 0.25) is 0 Å². The molecule has 0 aromatic heterocycles. The Kier molecular flexibility index (Phi) is 5.00. The Hall–Kier alpha value is 0.110. The first-order valence-corrected chi connectivity index (χ1v) is 4.80. The van der Waals surface area contributed by atoms with Crippen LogP contribution < -0.4 is 5.73 Å². The molecule has 2 nitrogen and oxygen atoms in total. The van der Waals surface area contributed by atoms with Gasteiger partial charge in [0, 0.05) is 28.3 Å². The van der Waals surface area contributed by atoms with E-state index in [1.807, 2.05) is 13.8 Å². The molecular weight excluding hydrogens is 134 g/mol. The maximum atomic E-state index is 10.8. The van der Waals surface area contributed by atoms with E-state index in [4.69, 9.17) is 5.73 Å². The van der Waals surface area contributed by atoms with Crippen LogP contribution in [0.3, 0.4) is 0 Å². The third kappa shape index (κ3) is 4.60. The van der Waals surface area contributed by atoms with Crippen molar-refractivity contribution in [2.75, 3.05) is 11.5 Å². The lowest BCUT2D eigenvalue weighted by molar-refractivity contribution is 0.664. The van der Waals surface area contributed by atoms with Crippen LogP contribution in [0.1, 0.15) is 20.3 Å². The molecule has 0 amide bonds. The van der Waals surface area contributed by atoms with E-state index in [1.165, 1.54) is 0 Å². The van der Waals surface area contributed by atoms with Crippen molar-refractivity contribution < 1.29 is 4.21 Å². The molecule has 0 saturated carbocycles. The van der Waals surface area contributed by atoms with Crippen LogP contribution in [-0.2, 0) is 10.8 Å². The van der Waals surface area contributed by atoms with E-state index >= 15 is 0 Å². The van der Waals surface area contributed by atoms with Crippen molar-refractivity contribution >= 4 is 10.8 Å². The van der Waals surface area contributed by atoms with Crippen molar-refractivity contribution in [2.24, 2.45) is 5.73 Å². The third-order valence-corrected chi connectivity index (χ3v) is 2.69. The van der Waals surface area contributed by atoms with Crippen molar-refractivity contribution in [3.8, 4) is 0 Å². The summed E-state index contributed by atoms with van der Waals surface area (Å²) in [5.74, 6) is 1.39. The third-order valence-electron chi connectivity index (χ3n) is 1.25. The van der Waals surface area contributed by atoms with Gasteiger partial charge in [0.15, 0.2) is 0 Å². The highest BCUT2D eigenvalue weighted by molar-refractivity contribution is 7.84. The van der Waals surface area contributed by atoms with Gasteiger partial charge in [-0.25, -0.2) is 0 Å². The van der Waals surface area contributed by atoms with Crippen molar-refractivity contribution in [3.05, 3.63) is 0 Å². The number of nitrogens with two attached hydrogens (primary N) is 1. The fourth-order valence-electron chi connectivity index (χ4n) is 0.474. The molecule has 0 aromatic rings. The summed E-state index contributed by atoms with van der Waals surface area (Å²) >= 11 is 0. The molecule has 0 heterocycles. The van der Waals surface area contributed by atoms with E-state index in [-0.39, 0.29) is 6.04 Å². The smallest absolute Gasteiger partial charge is 0.0386 e. The summed E-state index contributed by atoms with van der Waals surface area (Å²) in [6, 6.07) is 0.130. The van der Waals surface area contributed by atoms with Gasteiger partial charge in [0.25, 0.3) is 0 Å². The molecule has 0 saturated heterocycles. The lowest BCUT2D eigenvalue weighted by atomic mass is 10.3. The van der Waals surface area contributed by atoms with Gasteiger partial charge < -0.3 is 5.73 Å². The van der Waals surface area contributed by atoms with E-state index < -0.39 is 10.8 Å². The molecule has 0 rings (SSSR count). The highest BCUT2D eigenvalue weighted by Gasteiger charge is 2.02. The molecule has 0 aliphatic heterocycles. The molecule has 0 fully saturated rings. The normalized spacial score (nSPS) is 17.2. The summed E-state index contributed by atoms with van der Waals surface area (Å²) in [6.45, 7) is 3.93. The Morgan fingerprint density at radius 1 is 1.56 bits per heavy atom. The molecule has 0 spiro atoms. The lowest BCUT2D eigenvalue weighted by Gasteiger charge is -2.05. The molecule has 56 valence electrons. The first kappa shape index (κ1) is 9.11. The second-order valence-electron chi connectivity index (χ2n) is 2.06. The quantitative estimate of drug-likeness (QED) is 0.632. The Labute approximate surface area is 59.3 Å². The summed E-state index contributed by atoms with van der Waals surface area (Å²) in [4.78, 5) is 0. The molecule has 2 N–H and O–H groups in total. The van der Waals surface area contributed by atoms with Crippen molar-refractivity contribution in [2.45, 2.75) is 26.3 Å². The van der Waals surface area contributed by atoms with E-state index in [1.54, 1.807) is 0 Å². The van der Waals surface area contributed by atoms with Crippen LogP contribution in [0, 0.1) is 0 Å². The minimum atomic E-state index is -0.682. The predicted octanol–water partition coefficient (Wildman–Crippen LogP) is 0.492. The topological polar surface area (TPSA) is 43.1 Å². The average Bonchev–Trinajstić information content (AvgIpc) is 1.87. The van der Waals surface area contributed by atoms with Gasteiger partial charge in [-0.05, 0) is 6.42 Å². The zero-order valence-electron chi connectivity index (χ0n) is 6.09. The van der Waals surface area contributed by atoms with Gasteiger partial charge in [-0.15, -0.1) is 0 Å². The largest absolute Gasteiger partial charge is 0.327 e. The standard InChI is InChI=1S/C6H15NOS/c1-3-6(7)5-9(8)4-2/h6H,3-5,7H2,1-2H3. The molecule has 2 atom stereocenters. The summed E-state index contributed by atoms with van der Waals surface area (Å²) in [5.41, 5.74) is 5.56. The second-order valence-corrected chi connectivity index (χ2v) is 3.85. The Bertz CT molecular complexity index is 95.1. The molecule has 9 heavy (non-hydrogen) atoms. The highest BCUT2D eigenvalue weighted by atomic mass is 32.2. The van der Waals surface area contributed by atoms with Crippen LogP contribution in [0.4, 0.5) is 0 Å².